The number of aryl methyl sites for hydroxylation is 1. The summed E-state index contributed by atoms with van der Waals surface area (Å²) in [6.45, 7) is 3.26. The maximum absolute atomic E-state index is 12.1. The molecule has 6 heteroatoms. The average molecular weight is 322 g/mol. The number of amides is 1. The van der Waals surface area contributed by atoms with Crippen LogP contribution in [0.2, 0.25) is 0 Å². The first-order valence-electron chi connectivity index (χ1n) is 6.99. The quantitative estimate of drug-likeness (QED) is 0.879. The minimum Gasteiger partial charge on any atom is -0.486 e. The molecule has 116 valence electrons. The van der Waals surface area contributed by atoms with Crippen LogP contribution in [0.15, 0.2) is 28.7 Å². The van der Waals surface area contributed by atoms with Gasteiger partial charge in [0.2, 0.25) is 0 Å². The molecule has 0 aliphatic carbocycles. The van der Waals surface area contributed by atoms with E-state index in [0.29, 0.717) is 37.1 Å². The molecular weight excluding hydrogens is 306 g/mol. The molecule has 1 aliphatic heterocycles. The number of carbonyl (C=O) groups excluding carboxylic acids is 1. The third-order valence-electron chi connectivity index (χ3n) is 3.45. The molecule has 2 aromatic rings. The van der Waals surface area contributed by atoms with Crippen LogP contribution in [0.1, 0.15) is 27.4 Å². The maximum Gasteiger partial charge on any atom is 0.287 e. The lowest BCUT2D eigenvalue weighted by Gasteiger charge is -2.18. The number of rotatable bonds is 4. The van der Waals surface area contributed by atoms with Gasteiger partial charge in [-0.25, -0.2) is 0 Å². The van der Waals surface area contributed by atoms with Gasteiger partial charge in [0, 0.05) is 12.1 Å². The zero-order valence-corrected chi connectivity index (χ0v) is 12.9. The highest BCUT2D eigenvalue weighted by Crippen LogP contribution is 2.30. The van der Waals surface area contributed by atoms with Gasteiger partial charge in [0.05, 0.1) is 5.88 Å². The number of furan rings is 1. The lowest BCUT2D eigenvalue weighted by molar-refractivity contribution is 0.0921. The van der Waals surface area contributed by atoms with E-state index >= 15 is 0 Å². The van der Waals surface area contributed by atoms with Crippen LogP contribution >= 0.6 is 11.6 Å². The molecular formula is C16H16ClNO4. The van der Waals surface area contributed by atoms with Crippen molar-refractivity contribution in [3.63, 3.8) is 0 Å². The standard InChI is InChI=1S/C16H16ClNO4/c1-10-12(8-17)7-15(22-10)16(19)18-9-11-2-3-13-14(6-11)21-5-4-20-13/h2-3,6-7H,4-5,8-9H2,1H3,(H,18,19). The van der Waals surface area contributed by atoms with E-state index in [9.17, 15) is 4.79 Å². The molecule has 3 rings (SSSR count). The molecule has 0 atom stereocenters. The van der Waals surface area contributed by atoms with Gasteiger partial charge in [0.1, 0.15) is 19.0 Å². The van der Waals surface area contributed by atoms with Crippen molar-refractivity contribution < 1.29 is 18.7 Å². The van der Waals surface area contributed by atoms with Gasteiger partial charge in [-0.1, -0.05) is 6.07 Å². The van der Waals surface area contributed by atoms with Crippen LogP contribution < -0.4 is 14.8 Å². The fourth-order valence-corrected chi connectivity index (χ4v) is 2.50. The number of alkyl halides is 1. The molecule has 1 aliphatic rings. The molecule has 1 aromatic carbocycles. The molecule has 0 spiro atoms. The van der Waals surface area contributed by atoms with E-state index in [1.807, 2.05) is 18.2 Å². The number of ether oxygens (including phenoxy) is 2. The maximum atomic E-state index is 12.1. The number of hydrogen-bond acceptors (Lipinski definition) is 4. The van der Waals surface area contributed by atoms with Crippen LogP contribution in [0.25, 0.3) is 0 Å². The summed E-state index contributed by atoms with van der Waals surface area (Å²) in [7, 11) is 0. The first-order chi connectivity index (χ1) is 10.7. The second-order valence-corrected chi connectivity index (χ2v) is 5.25. The van der Waals surface area contributed by atoms with Crippen LogP contribution in [0.4, 0.5) is 0 Å². The predicted octanol–water partition coefficient (Wildman–Crippen LogP) is 3.03. The number of nitrogens with one attached hydrogen (secondary N) is 1. The molecule has 1 aromatic heterocycles. The molecule has 0 radical (unpaired) electrons. The Balaban J connectivity index is 1.65. The fraction of sp³-hybridized carbons (Fsp3) is 0.312. The Morgan fingerprint density at radius 3 is 2.73 bits per heavy atom. The van der Waals surface area contributed by atoms with Crippen LogP contribution in [0, 0.1) is 6.92 Å². The summed E-state index contributed by atoms with van der Waals surface area (Å²) in [5, 5.41) is 2.81. The fourth-order valence-electron chi connectivity index (χ4n) is 2.23. The van der Waals surface area contributed by atoms with Gasteiger partial charge in [-0.2, -0.15) is 0 Å². The van der Waals surface area contributed by atoms with Gasteiger partial charge in [-0.15, -0.1) is 11.6 Å². The Labute approximate surface area is 133 Å². The highest BCUT2D eigenvalue weighted by atomic mass is 35.5. The zero-order chi connectivity index (χ0) is 15.5. The second kappa shape index (κ2) is 6.32. The summed E-state index contributed by atoms with van der Waals surface area (Å²) in [6, 6.07) is 7.28. The number of benzene rings is 1. The molecule has 0 bridgehead atoms. The molecule has 1 amide bonds. The minimum atomic E-state index is -0.269. The molecule has 1 N–H and O–H groups in total. The van der Waals surface area contributed by atoms with Gasteiger partial charge < -0.3 is 19.2 Å². The summed E-state index contributed by atoms with van der Waals surface area (Å²) >= 11 is 5.77. The van der Waals surface area contributed by atoms with E-state index in [0.717, 1.165) is 16.9 Å². The van der Waals surface area contributed by atoms with Crippen molar-refractivity contribution in [3.8, 4) is 11.5 Å². The van der Waals surface area contributed by atoms with Crippen molar-refractivity contribution in [2.45, 2.75) is 19.3 Å². The summed E-state index contributed by atoms with van der Waals surface area (Å²) in [5.74, 6) is 2.43. The monoisotopic (exact) mass is 321 g/mol. The first-order valence-corrected chi connectivity index (χ1v) is 7.53. The minimum absolute atomic E-state index is 0.269. The lowest BCUT2D eigenvalue weighted by Crippen LogP contribution is -2.22. The average Bonchev–Trinajstić information content (AvgIpc) is 2.93. The number of carbonyl (C=O) groups is 1. The smallest absolute Gasteiger partial charge is 0.287 e. The Bertz CT molecular complexity index is 695. The summed E-state index contributed by atoms with van der Waals surface area (Å²) in [5.41, 5.74) is 1.75. The number of hydrogen-bond donors (Lipinski definition) is 1. The molecule has 2 heterocycles. The molecule has 22 heavy (non-hydrogen) atoms. The van der Waals surface area contributed by atoms with E-state index in [-0.39, 0.29) is 11.7 Å². The van der Waals surface area contributed by atoms with E-state index in [4.69, 9.17) is 25.5 Å². The van der Waals surface area contributed by atoms with Gasteiger partial charge in [0.25, 0.3) is 5.91 Å². The van der Waals surface area contributed by atoms with Crippen LogP contribution in [0.5, 0.6) is 11.5 Å². The highest BCUT2D eigenvalue weighted by Gasteiger charge is 2.15. The van der Waals surface area contributed by atoms with Gasteiger partial charge in [-0.3, -0.25) is 4.79 Å². The van der Waals surface area contributed by atoms with Gasteiger partial charge >= 0.3 is 0 Å². The normalized spacial score (nSPS) is 13.0. The molecule has 5 nitrogen and oxygen atoms in total. The van der Waals surface area contributed by atoms with Crippen molar-refractivity contribution >= 4 is 17.5 Å². The Morgan fingerprint density at radius 2 is 2.00 bits per heavy atom. The van der Waals surface area contributed by atoms with Crippen molar-refractivity contribution in [2.75, 3.05) is 13.2 Å². The predicted molar refractivity (Wildman–Crippen MR) is 81.6 cm³/mol. The van der Waals surface area contributed by atoms with E-state index in [2.05, 4.69) is 5.32 Å². The third-order valence-corrected chi connectivity index (χ3v) is 3.74. The van der Waals surface area contributed by atoms with Crippen LogP contribution in [-0.4, -0.2) is 19.1 Å². The number of halogens is 1. The van der Waals surface area contributed by atoms with E-state index in [1.165, 1.54) is 0 Å². The first kappa shape index (κ1) is 14.8. The molecule has 0 saturated carbocycles. The Kier molecular flexibility index (Phi) is 4.24. The van der Waals surface area contributed by atoms with Crippen molar-refractivity contribution in [2.24, 2.45) is 0 Å². The van der Waals surface area contributed by atoms with Crippen molar-refractivity contribution in [1.82, 2.24) is 5.32 Å². The topological polar surface area (TPSA) is 60.7 Å². The largest absolute Gasteiger partial charge is 0.486 e. The summed E-state index contributed by atoms with van der Waals surface area (Å²) < 4.78 is 16.4. The third kappa shape index (κ3) is 3.04. The highest BCUT2D eigenvalue weighted by molar-refractivity contribution is 6.17. The van der Waals surface area contributed by atoms with Gasteiger partial charge in [-0.05, 0) is 30.7 Å². The molecule has 0 saturated heterocycles. The SMILES string of the molecule is Cc1oc(C(=O)NCc2ccc3c(c2)OCCO3)cc1CCl. The van der Waals surface area contributed by atoms with Crippen molar-refractivity contribution in [1.29, 1.82) is 0 Å². The van der Waals surface area contributed by atoms with Gasteiger partial charge in [0.15, 0.2) is 17.3 Å². The summed E-state index contributed by atoms with van der Waals surface area (Å²) in [4.78, 5) is 12.1. The van der Waals surface area contributed by atoms with Crippen LogP contribution in [-0.2, 0) is 12.4 Å². The Hall–Kier alpha value is -2.14. The van der Waals surface area contributed by atoms with Crippen LogP contribution in [0.3, 0.4) is 0 Å². The number of fused-ring (bicyclic) bond motifs is 1. The van der Waals surface area contributed by atoms with E-state index in [1.54, 1.807) is 13.0 Å². The zero-order valence-electron chi connectivity index (χ0n) is 12.1. The molecule has 0 unspecified atom stereocenters. The lowest BCUT2D eigenvalue weighted by atomic mass is 10.2. The second-order valence-electron chi connectivity index (χ2n) is 4.99. The summed E-state index contributed by atoms with van der Waals surface area (Å²) in [6.07, 6.45) is 0. The molecule has 0 fully saturated rings. The Morgan fingerprint density at radius 1 is 1.23 bits per heavy atom. The van der Waals surface area contributed by atoms with Crippen molar-refractivity contribution in [3.05, 3.63) is 46.9 Å². The van der Waals surface area contributed by atoms with E-state index < -0.39 is 0 Å².